The fourth-order valence-electron chi connectivity index (χ4n) is 2.01. The van der Waals surface area contributed by atoms with E-state index >= 15 is 0 Å². The van der Waals surface area contributed by atoms with Crippen LogP contribution in [0.5, 0.6) is 0 Å². The fraction of sp³-hybridized carbons (Fsp3) is 0. The van der Waals surface area contributed by atoms with Gasteiger partial charge in [0.05, 0.1) is 23.6 Å². The van der Waals surface area contributed by atoms with Gasteiger partial charge in [-0.25, -0.2) is 4.98 Å². The highest BCUT2D eigenvalue weighted by Crippen LogP contribution is 2.11. The number of carbonyl (C=O) groups is 2. The number of hydrogen-bond acceptors (Lipinski definition) is 4. The smallest absolute Gasteiger partial charge is 0.260 e. The normalized spacial score (nSPS) is 10.5. The number of carbonyl (C=O) groups excluding carboxylic acids is 2. The number of rotatable bonds is 2. The van der Waals surface area contributed by atoms with Gasteiger partial charge in [0.2, 0.25) is 0 Å². The molecule has 3 aromatic rings. The van der Waals surface area contributed by atoms with E-state index in [4.69, 9.17) is 5.73 Å². The van der Waals surface area contributed by atoms with Crippen molar-refractivity contribution in [3.8, 4) is 0 Å². The number of amides is 2. The highest BCUT2D eigenvalue weighted by Gasteiger charge is 2.14. The third-order valence-electron chi connectivity index (χ3n) is 3.11. The Morgan fingerprint density at radius 1 is 1.14 bits per heavy atom. The first-order valence-corrected chi connectivity index (χ1v) is 6.27. The lowest BCUT2D eigenvalue weighted by Crippen LogP contribution is -2.31. The molecule has 1 aromatic carbocycles. The van der Waals surface area contributed by atoms with Gasteiger partial charge in [0.1, 0.15) is 0 Å². The molecule has 3 N–H and O–H groups in total. The molecule has 0 spiro atoms. The number of imidazole rings is 1. The molecule has 0 aliphatic heterocycles. The largest absolute Gasteiger partial charge is 0.398 e. The van der Waals surface area contributed by atoms with E-state index < -0.39 is 11.8 Å². The molecule has 0 saturated heterocycles. The molecule has 0 aliphatic rings. The van der Waals surface area contributed by atoms with E-state index in [1.807, 2.05) is 0 Å². The van der Waals surface area contributed by atoms with Gasteiger partial charge in [0.25, 0.3) is 11.8 Å². The van der Waals surface area contributed by atoms with Crippen LogP contribution in [0.1, 0.15) is 20.7 Å². The number of fused-ring (bicyclic) bond motifs is 1. The Morgan fingerprint density at radius 3 is 2.76 bits per heavy atom. The predicted octanol–water partition coefficient (Wildman–Crippen LogP) is 1.49. The summed E-state index contributed by atoms with van der Waals surface area (Å²) in [5.74, 6) is -1.00. The standard InChI is InChI=1S/C15H12N4O2/c16-13-4-2-1-3-12(13)15(21)18-14(20)10-5-6-19-9-17-8-11(19)7-10/h1-9H,16H2,(H,18,20,21). The van der Waals surface area contributed by atoms with E-state index in [1.54, 1.807) is 59.5 Å². The molecule has 3 rings (SSSR count). The number of nitrogen functional groups attached to an aromatic ring is 1. The highest BCUT2D eigenvalue weighted by molar-refractivity contribution is 6.12. The molecule has 6 nitrogen and oxygen atoms in total. The van der Waals surface area contributed by atoms with Crippen molar-refractivity contribution in [2.75, 3.05) is 5.73 Å². The Balaban J connectivity index is 1.82. The summed E-state index contributed by atoms with van der Waals surface area (Å²) >= 11 is 0. The van der Waals surface area contributed by atoms with Crippen molar-refractivity contribution in [1.82, 2.24) is 14.7 Å². The number of pyridine rings is 1. The zero-order chi connectivity index (χ0) is 14.8. The summed E-state index contributed by atoms with van der Waals surface area (Å²) in [7, 11) is 0. The van der Waals surface area contributed by atoms with Crippen LogP contribution in [0, 0.1) is 0 Å². The molecule has 21 heavy (non-hydrogen) atoms. The minimum atomic E-state index is -0.522. The zero-order valence-electron chi connectivity index (χ0n) is 11.0. The summed E-state index contributed by atoms with van der Waals surface area (Å²) in [5, 5.41) is 2.32. The molecule has 2 aromatic heterocycles. The molecular formula is C15H12N4O2. The van der Waals surface area contributed by atoms with E-state index in [-0.39, 0.29) is 5.56 Å². The summed E-state index contributed by atoms with van der Waals surface area (Å²) in [4.78, 5) is 28.1. The van der Waals surface area contributed by atoms with Gasteiger partial charge < -0.3 is 10.1 Å². The van der Waals surface area contributed by atoms with Crippen LogP contribution in [0.15, 0.2) is 55.1 Å². The lowest BCUT2D eigenvalue weighted by Gasteiger charge is -2.06. The van der Waals surface area contributed by atoms with Gasteiger partial charge in [0, 0.05) is 17.4 Å². The number of aromatic nitrogens is 2. The highest BCUT2D eigenvalue weighted by atomic mass is 16.2. The van der Waals surface area contributed by atoms with Crippen LogP contribution in [-0.4, -0.2) is 21.2 Å². The van der Waals surface area contributed by atoms with Gasteiger partial charge >= 0.3 is 0 Å². The summed E-state index contributed by atoms with van der Waals surface area (Å²) < 4.78 is 1.77. The number of para-hydroxylation sites is 1. The van der Waals surface area contributed by atoms with Crippen LogP contribution in [0.3, 0.4) is 0 Å². The quantitative estimate of drug-likeness (QED) is 0.549. The molecule has 0 atom stereocenters. The van der Waals surface area contributed by atoms with Crippen LogP contribution >= 0.6 is 0 Å². The predicted molar refractivity (Wildman–Crippen MR) is 77.8 cm³/mol. The van der Waals surface area contributed by atoms with Crippen molar-refractivity contribution < 1.29 is 9.59 Å². The third kappa shape index (κ3) is 2.46. The Labute approximate surface area is 120 Å². The molecule has 0 unspecified atom stereocenters. The van der Waals surface area contributed by atoms with Crippen LogP contribution in [-0.2, 0) is 0 Å². The first-order valence-electron chi connectivity index (χ1n) is 6.27. The number of anilines is 1. The Kier molecular flexibility index (Phi) is 3.12. The second kappa shape index (κ2) is 5.09. The molecule has 6 heteroatoms. The van der Waals surface area contributed by atoms with E-state index in [0.29, 0.717) is 11.3 Å². The number of nitrogens with one attached hydrogen (secondary N) is 1. The van der Waals surface area contributed by atoms with Gasteiger partial charge in [-0.2, -0.15) is 0 Å². The Hall–Kier alpha value is -3.15. The number of benzene rings is 1. The second-order valence-electron chi connectivity index (χ2n) is 4.51. The topological polar surface area (TPSA) is 89.5 Å². The molecule has 0 radical (unpaired) electrons. The summed E-state index contributed by atoms with van der Waals surface area (Å²) in [6.07, 6.45) is 4.97. The van der Waals surface area contributed by atoms with Gasteiger partial charge in [-0.3, -0.25) is 14.9 Å². The molecular weight excluding hydrogens is 268 g/mol. The van der Waals surface area contributed by atoms with Gasteiger partial charge in [0.15, 0.2) is 0 Å². The molecule has 0 aliphatic carbocycles. The number of nitrogens with zero attached hydrogens (tertiary/aromatic N) is 2. The minimum Gasteiger partial charge on any atom is -0.398 e. The lowest BCUT2D eigenvalue weighted by molar-refractivity contribution is 0.0850. The van der Waals surface area contributed by atoms with Crippen molar-refractivity contribution >= 4 is 23.0 Å². The SMILES string of the molecule is Nc1ccccc1C(=O)NC(=O)c1ccn2cncc2c1. The monoisotopic (exact) mass is 280 g/mol. The molecule has 0 bridgehead atoms. The van der Waals surface area contributed by atoms with Crippen molar-refractivity contribution in [1.29, 1.82) is 0 Å². The van der Waals surface area contributed by atoms with Crippen molar-refractivity contribution in [2.45, 2.75) is 0 Å². The van der Waals surface area contributed by atoms with E-state index in [2.05, 4.69) is 10.3 Å². The van der Waals surface area contributed by atoms with E-state index in [9.17, 15) is 9.59 Å². The van der Waals surface area contributed by atoms with Crippen molar-refractivity contribution in [2.24, 2.45) is 0 Å². The minimum absolute atomic E-state index is 0.274. The molecule has 104 valence electrons. The van der Waals surface area contributed by atoms with Gasteiger partial charge in [-0.15, -0.1) is 0 Å². The number of nitrogens with two attached hydrogens (primary N) is 1. The zero-order valence-corrected chi connectivity index (χ0v) is 11.0. The molecule has 2 amide bonds. The number of hydrogen-bond donors (Lipinski definition) is 2. The summed E-state index contributed by atoms with van der Waals surface area (Å²) in [5.41, 5.74) is 7.47. The van der Waals surface area contributed by atoms with Crippen LogP contribution < -0.4 is 11.1 Å². The maximum atomic E-state index is 12.1. The molecule has 0 saturated carbocycles. The Bertz CT molecular complexity index is 838. The van der Waals surface area contributed by atoms with Crippen LogP contribution in [0.2, 0.25) is 0 Å². The van der Waals surface area contributed by atoms with Gasteiger partial charge in [-0.1, -0.05) is 12.1 Å². The second-order valence-corrected chi connectivity index (χ2v) is 4.51. The maximum Gasteiger partial charge on any atom is 0.260 e. The van der Waals surface area contributed by atoms with Crippen molar-refractivity contribution in [3.63, 3.8) is 0 Å². The van der Waals surface area contributed by atoms with Crippen molar-refractivity contribution in [3.05, 3.63) is 66.2 Å². The van der Waals surface area contributed by atoms with E-state index in [1.165, 1.54) is 0 Å². The summed E-state index contributed by atoms with van der Waals surface area (Å²) in [6, 6.07) is 9.86. The molecule has 0 fully saturated rings. The lowest BCUT2D eigenvalue weighted by atomic mass is 10.1. The Morgan fingerprint density at radius 2 is 1.95 bits per heavy atom. The first-order chi connectivity index (χ1) is 10.1. The number of imide groups is 1. The van der Waals surface area contributed by atoms with Crippen LogP contribution in [0.4, 0.5) is 5.69 Å². The fourth-order valence-corrected chi connectivity index (χ4v) is 2.01. The average molecular weight is 280 g/mol. The van der Waals surface area contributed by atoms with Crippen LogP contribution in [0.25, 0.3) is 5.52 Å². The molecule has 2 heterocycles. The van der Waals surface area contributed by atoms with E-state index in [0.717, 1.165) is 5.52 Å². The summed E-state index contributed by atoms with van der Waals surface area (Å²) in [6.45, 7) is 0. The average Bonchev–Trinajstić information content (AvgIpc) is 2.94. The first kappa shape index (κ1) is 12.9. The maximum absolute atomic E-state index is 12.1. The third-order valence-corrected chi connectivity index (χ3v) is 3.11. The van der Waals surface area contributed by atoms with Gasteiger partial charge in [-0.05, 0) is 24.3 Å².